The maximum absolute atomic E-state index is 12.1. The molecule has 0 aromatic carbocycles. The number of β-amino-alcohol motifs (C(OH)–C–C–N with tert-alkyl or cyclic N) is 1. The minimum atomic E-state index is -0.791. The Kier molecular flexibility index (Phi) is 5.09. The number of hydrogen-bond donors (Lipinski definition) is 2. The number of nitrogens with one attached hydrogen (secondary N) is 1. The van der Waals surface area contributed by atoms with Crippen LogP contribution in [0.3, 0.4) is 0 Å². The van der Waals surface area contributed by atoms with Crippen LogP contribution in [0.4, 0.5) is 4.79 Å². The van der Waals surface area contributed by atoms with Crippen LogP contribution in [0.25, 0.3) is 0 Å². The summed E-state index contributed by atoms with van der Waals surface area (Å²) in [4.78, 5) is 29.8. The number of nitrogens with zero attached hydrogens (tertiary/aromatic N) is 3. The van der Waals surface area contributed by atoms with Crippen molar-refractivity contribution in [2.45, 2.75) is 45.4 Å². The molecule has 0 spiro atoms. The van der Waals surface area contributed by atoms with E-state index < -0.39 is 5.54 Å². The highest BCUT2D eigenvalue weighted by Gasteiger charge is 2.44. The van der Waals surface area contributed by atoms with Gasteiger partial charge in [-0.05, 0) is 27.7 Å². The van der Waals surface area contributed by atoms with Crippen LogP contribution in [0.15, 0.2) is 0 Å². The van der Waals surface area contributed by atoms with Crippen molar-refractivity contribution in [2.75, 3.05) is 39.3 Å². The standard InChI is InChI=1S/C15H28N4O3/c1-11-9-17(5-7-18(11)10-12(2)20)6-8-19-13(21)15(3,4)16-14(19)22/h11-12,20H,5-10H2,1-4H3,(H,16,22)/t11-,12+/m1/s1. The molecular weight excluding hydrogens is 284 g/mol. The topological polar surface area (TPSA) is 76.1 Å². The summed E-state index contributed by atoms with van der Waals surface area (Å²) in [6, 6.07) is 0.0682. The first-order chi connectivity index (χ1) is 10.2. The predicted molar refractivity (Wildman–Crippen MR) is 83.5 cm³/mol. The first-order valence-corrected chi connectivity index (χ1v) is 7.99. The molecule has 2 N–H and O–H groups in total. The maximum Gasteiger partial charge on any atom is 0.325 e. The van der Waals surface area contributed by atoms with Crippen LogP contribution in [0.1, 0.15) is 27.7 Å². The second-order valence-corrected chi connectivity index (χ2v) is 7.01. The SMILES string of the molecule is C[C@H](O)CN1CCN(CCN2C(=O)NC(C)(C)C2=O)C[C@H]1C. The Morgan fingerprint density at radius 3 is 2.50 bits per heavy atom. The van der Waals surface area contributed by atoms with Crippen LogP contribution in [0.5, 0.6) is 0 Å². The van der Waals surface area contributed by atoms with E-state index in [0.717, 1.165) is 19.6 Å². The molecule has 3 amide bonds. The minimum Gasteiger partial charge on any atom is -0.392 e. The number of aliphatic hydroxyl groups is 1. The lowest BCUT2D eigenvalue weighted by molar-refractivity contribution is -0.130. The number of piperazine rings is 1. The summed E-state index contributed by atoms with van der Waals surface area (Å²) >= 11 is 0. The lowest BCUT2D eigenvalue weighted by atomic mass is 10.1. The normalized spacial score (nSPS) is 28.0. The maximum atomic E-state index is 12.1. The highest BCUT2D eigenvalue weighted by molar-refractivity contribution is 6.06. The molecular formula is C15H28N4O3. The fourth-order valence-electron chi connectivity index (χ4n) is 3.15. The van der Waals surface area contributed by atoms with Crippen LogP contribution in [-0.4, -0.2) is 88.7 Å². The van der Waals surface area contributed by atoms with E-state index >= 15 is 0 Å². The van der Waals surface area contributed by atoms with Gasteiger partial charge >= 0.3 is 6.03 Å². The van der Waals surface area contributed by atoms with Gasteiger partial charge in [0.1, 0.15) is 5.54 Å². The molecule has 2 saturated heterocycles. The van der Waals surface area contributed by atoms with Crippen LogP contribution >= 0.6 is 0 Å². The lowest BCUT2D eigenvalue weighted by Gasteiger charge is -2.40. The van der Waals surface area contributed by atoms with Gasteiger partial charge in [0.25, 0.3) is 5.91 Å². The first kappa shape index (κ1) is 17.2. The summed E-state index contributed by atoms with van der Waals surface area (Å²) in [6.45, 7) is 11.9. The van der Waals surface area contributed by atoms with Crippen molar-refractivity contribution in [2.24, 2.45) is 0 Å². The molecule has 2 rings (SSSR count). The first-order valence-electron chi connectivity index (χ1n) is 7.99. The molecule has 2 aliphatic rings. The zero-order chi connectivity index (χ0) is 16.5. The van der Waals surface area contributed by atoms with Crippen LogP contribution in [0.2, 0.25) is 0 Å². The largest absolute Gasteiger partial charge is 0.392 e. The van der Waals surface area contributed by atoms with Crippen molar-refractivity contribution in [1.29, 1.82) is 0 Å². The van der Waals surface area contributed by atoms with Gasteiger partial charge in [0.15, 0.2) is 0 Å². The highest BCUT2D eigenvalue weighted by Crippen LogP contribution is 2.17. The Morgan fingerprint density at radius 1 is 1.32 bits per heavy atom. The Hall–Kier alpha value is -1.18. The quantitative estimate of drug-likeness (QED) is 0.682. The average Bonchev–Trinajstić information content (AvgIpc) is 2.59. The summed E-state index contributed by atoms with van der Waals surface area (Å²) in [6.07, 6.45) is -0.317. The van der Waals surface area contributed by atoms with Gasteiger partial charge in [-0.3, -0.25) is 19.5 Å². The van der Waals surface area contributed by atoms with Crippen molar-refractivity contribution < 1.29 is 14.7 Å². The van der Waals surface area contributed by atoms with Gasteiger partial charge in [-0.15, -0.1) is 0 Å². The molecule has 2 atom stereocenters. The third-order valence-corrected chi connectivity index (χ3v) is 4.43. The van der Waals surface area contributed by atoms with Crippen molar-refractivity contribution in [3.8, 4) is 0 Å². The summed E-state index contributed by atoms with van der Waals surface area (Å²) in [5.74, 6) is -0.154. The molecule has 7 heteroatoms. The van der Waals surface area contributed by atoms with Crippen molar-refractivity contribution >= 4 is 11.9 Å². The number of carbonyl (C=O) groups is 2. The number of hydrogen-bond acceptors (Lipinski definition) is 5. The molecule has 0 radical (unpaired) electrons. The summed E-state index contributed by atoms with van der Waals surface area (Å²) in [5, 5.41) is 12.2. The molecule has 126 valence electrons. The lowest BCUT2D eigenvalue weighted by Crippen LogP contribution is -2.54. The fraction of sp³-hybridized carbons (Fsp3) is 0.867. The highest BCUT2D eigenvalue weighted by atomic mass is 16.3. The van der Waals surface area contributed by atoms with E-state index in [1.807, 2.05) is 0 Å². The number of urea groups is 1. The van der Waals surface area contributed by atoms with Gasteiger partial charge in [-0.25, -0.2) is 4.79 Å². The molecule has 0 aromatic rings. The fourth-order valence-corrected chi connectivity index (χ4v) is 3.15. The van der Waals surface area contributed by atoms with Gasteiger partial charge in [0.2, 0.25) is 0 Å². The van der Waals surface area contributed by atoms with E-state index in [4.69, 9.17) is 0 Å². The zero-order valence-corrected chi connectivity index (χ0v) is 14.0. The van der Waals surface area contributed by atoms with Gasteiger partial charge < -0.3 is 10.4 Å². The van der Waals surface area contributed by atoms with E-state index in [9.17, 15) is 14.7 Å². The zero-order valence-electron chi connectivity index (χ0n) is 14.0. The van der Waals surface area contributed by atoms with Gasteiger partial charge in [0.05, 0.1) is 6.10 Å². The van der Waals surface area contributed by atoms with Gasteiger partial charge in [-0.2, -0.15) is 0 Å². The van der Waals surface area contributed by atoms with Crippen molar-refractivity contribution in [1.82, 2.24) is 20.0 Å². The molecule has 7 nitrogen and oxygen atoms in total. The van der Waals surface area contributed by atoms with E-state index in [-0.39, 0.29) is 18.0 Å². The number of imide groups is 1. The van der Waals surface area contributed by atoms with Crippen LogP contribution in [-0.2, 0) is 4.79 Å². The van der Waals surface area contributed by atoms with E-state index in [2.05, 4.69) is 22.0 Å². The Labute approximate surface area is 132 Å². The second kappa shape index (κ2) is 6.52. The number of amides is 3. The predicted octanol–water partition coefficient (Wildman–Crippen LogP) is -0.296. The molecule has 2 heterocycles. The van der Waals surface area contributed by atoms with E-state index in [0.29, 0.717) is 25.7 Å². The molecule has 0 bridgehead atoms. The molecule has 2 fully saturated rings. The third-order valence-electron chi connectivity index (χ3n) is 4.43. The monoisotopic (exact) mass is 312 g/mol. The second-order valence-electron chi connectivity index (χ2n) is 7.01. The molecule has 2 aliphatic heterocycles. The number of rotatable bonds is 5. The summed E-state index contributed by atoms with van der Waals surface area (Å²) in [7, 11) is 0. The van der Waals surface area contributed by atoms with Crippen LogP contribution < -0.4 is 5.32 Å². The molecule has 0 unspecified atom stereocenters. The molecule has 0 aromatic heterocycles. The number of carbonyl (C=O) groups excluding carboxylic acids is 2. The van der Waals surface area contributed by atoms with Gasteiger partial charge in [-0.1, -0.05) is 0 Å². The van der Waals surface area contributed by atoms with Crippen molar-refractivity contribution in [3.63, 3.8) is 0 Å². The van der Waals surface area contributed by atoms with Gasteiger partial charge in [0, 0.05) is 45.3 Å². The number of aliphatic hydroxyl groups excluding tert-OH is 1. The van der Waals surface area contributed by atoms with E-state index in [1.54, 1.807) is 20.8 Å². The molecule has 0 aliphatic carbocycles. The Balaban J connectivity index is 1.82. The van der Waals surface area contributed by atoms with E-state index in [1.165, 1.54) is 4.90 Å². The molecule has 0 saturated carbocycles. The van der Waals surface area contributed by atoms with Crippen molar-refractivity contribution in [3.05, 3.63) is 0 Å². The summed E-state index contributed by atoms with van der Waals surface area (Å²) in [5.41, 5.74) is -0.791. The Morgan fingerprint density at radius 2 is 2.00 bits per heavy atom. The smallest absolute Gasteiger partial charge is 0.325 e. The molecule has 22 heavy (non-hydrogen) atoms. The third kappa shape index (κ3) is 3.77. The summed E-state index contributed by atoms with van der Waals surface area (Å²) < 4.78 is 0. The average molecular weight is 312 g/mol. The Bertz CT molecular complexity index is 439. The minimum absolute atomic E-state index is 0.154. The van der Waals surface area contributed by atoms with Crippen LogP contribution in [0, 0.1) is 0 Å².